The Labute approximate surface area is 102 Å². The molecule has 1 rings (SSSR count). The molecule has 0 aliphatic heterocycles. The molecule has 1 aromatic carbocycles. The van der Waals surface area contributed by atoms with Crippen LogP contribution < -0.4 is 5.32 Å². The molecule has 0 radical (unpaired) electrons. The number of nitrogens with one attached hydrogen (secondary N) is 1. The second-order valence-corrected chi connectivity index (χ2v) is 4.53. The van der Waals surface area contributed by atoms with Gasteiger partial charge in [-0.25, -0.2) is 0 Å². The molecule has 0 saturated heterocycles. The van der Waals surface area contributed by atoms with E-state index < -0.39 is 6.10 Å². The zero-order valence-corrected chi connectivity index (χ0v) is 10.4. The monoisotopic (exact) mass is 293 g/mol. The SMILES string of the molecule is OC[C@H](O)CNCc1cc(Br)ccc1Cl. The summed E-state index contributed by atoms with van der Waals surface area (Å²) in [6, 6.07) is 5.60. The second-order valence-electron chi connectivity index (χ2n) is 3.20. The van der Waals surface area contributed by atoms with Gasteiger partial charge >= 0.3 is 0 Å². The molecule has 0 spiro atoms. The molecule has 0 heterocycles. The molecule has 0 aliphatic rings. The fourth-order valence-electron chi connectivity index (χ4n) is 1.12. The lowest BCUT2D eigenvalue weighted by Crippen LogP contribution is -2.29. The van der Waals surface area contributed by atoms with Crippen LogP contribution in [0, 0.1) is 0 Å². The van der Waals surface area contributed by atoms with E-state index in [0.29, 0.717) is 18.1 Å². The smallest absolute Gasteiger partial charge is 0.0895 e. The van der Waals surface area contributed by atoms with Gasteiger partial charge in [0.2, 0.25) is 0 Å². The number of hydrogen-bond acceptors (Lipinski definition) is 3. The number of rotatable bonds is 5. The average Bonchev–Trinajstić information content (AvgIpc) is 2.23. The maximum Gasteiger partial charge on any atom is 0.0895 e. The van der Waals surface area contributed by atoms with Gasteiger partial charge in [0.25, 0.3) is 0 Å². The van der Waals surface area contributed by atoms with Crippen LogP contribution in [0.25, 0.3) is 0 Å². The van der Waals surface area contributed by atoms with Gasteiger partial charge in [0.15, 0.2) is 0 Å². The molecular weight excluding hydrogens is 281 g/mol. The number of benzene rings is 1. The van der Waals surface area contributed by atoms with Crippen molar-refractivity contribution < 1.29 is 10.2 Å². The first kappa shape index (κ1) is 12.9. The Morgan fingerprint density at radius 2 is 2.20 bits per heavy atom. The third kappa shape index (κ3) is 4.49. The van der Waals surface area contributed by atoms with Crippen molar-refractivity contribution in [2.75, 3.05) is 13.2 Å². The molecule has 0 bridgehead atoms. The Hall–Kier alpha value is -0.130. The summed E-state index contributed by atoms with van der Waals surface area (Å²) in [5.74, 6) is 0. The number of aliphatic hydroxyl groups excluding tert-OH is 2. The Balaban J connectivity index is 2.46. The van der Waals surface area contributed by atoms with Crippen LogP contribution in [0.5, 0.6) is 0 Å². The highest BCUT2D eigenvalue weighted by Crippen LogP contribution is 2.20. The van der Waals surface area contributed by atoms with Crippen LogP contribution in [0.15, 0.2) is 22.7 Å². The molecule has 3 N–H and O–H groups in total. The van der Waals surface area contributed by atoms with E-state index in [2.05, 4.69) is 21.2 Å². The minimum Gasteiger partial charge on any atom is -0.394 e. The molecular formula is C10H13BrClNO2. The van der Waals surface area contributed by atoms with Gasteiger partial charge < -0.3 is 15.5 Å². The maximum absolute atomic E-state index is 9.11. The highest BCUT2D eigenvalue weighted by atomic mass is 79.9. The highest BCUT2D eigenvalue weighted by Gasteiger charge is 2.03. The van der Waals surface area contributed by atoms with E-state index in [9.17, 15) is 0 Å². The first-order chi connectivity index (χ1) is 7.13. The maximum atomic E-state index is 9.11. The van der Waals surface area contributed by atoms with Crippen LogP contribution in [-0.4, -0.2) is 29.5 Å². The van der Waals surface area contributed by atoms with Crippen LogP contribution in [0.3, 0.4) is 0 Å². The van der Waals surface area contributed by atoms with Gasteiger partial charge in [0, 0.05) is 22.6 Å². The third-order valence-corrected chi connectivity index (χ3v) is 2.78. The van der Waals surface area contributed by atoms with E-state index >= 15 is 0 Å². The van der Waals surface area contributed by atoms with Crippen molar-refractivity contribution in [1.29, 1.82) is 0 Å². The Morgan fingerprint density at radius 1 is 1.47 bits per heavy atom. The standard InChI is InChI=1S/C10H13BrClNO2/c11-8-1-2-10(12)7(3-8)4-13-5-9(15)6-14/h1-3,9,13-15H,4-6H2/t9-/m1/s1. The lowest BCUT2D eigenvalue weighted by molar-refractivity contribution is 0.0942. The molecule has 0 unspecified atom stereocenters. The van der Waals surface area contributed by atoms with E-state index in [-0.39, 0.29) is 6.61 Å². The number of hydrogen-bond donors (Lipinski definition) is 3. The summed E-state index contributed by atoms with van der Waals surface area (Å²) < 4.78 is 0.964. The van der Waals surface area contributed by atoms with Crippen LogP contribution in [-0.2, 0) is 6.54 Å². The number of halogens is 2. The van der Waals surface area contributed by atoms with Crippen molar-refractivity contribution in [3.8, 4) is 0 Å². The molecule has 0 aromatic heterocycles. The molecule has 0 aliphatic carbocycles. The van der Waals surface area contributed by atoms with E-state index in [1.54, 1.807) is 0 Å². The van der Waals surface area contributed by atoms with Crippen LogP contribution >= 0.6 is 27.5 Å². The Morgan fingerprint density at radius 3 is 2.87 bits per heavy atom. The zero-order valence-electron chi connectivity index (χ0n) is 8.08. The predicted octanol–water partition coefficient (Wildman–Crippen LogP) is 1.55. The molecule has 1 atom stereocenters. The van der Waals surface area contributed by atoms with Gasteiger partial charge in [-0.15, -0.1) is 0 Å². The van der Waals surface area contributed by atoms with E-state index in [1.807, 2.05) is 18.2 Å². The van der Waals surface area contributed by atoms with Crippen molar-refractivity contribution in [2.45, 2.75) is 12.6 Å². The summed E-state index contributed by atoms with van der Waals surface area (Å²) in [4.78, 5) is 0. The molecule has 84 valence electrons. The Bertz CT molecular complexity index is 322. The van der Waals surface area contributed by atoms with Gasteiger partial charge in [-0.05, 0) is 23.8 Å². The van der Waals surface area contributed by atoms with Gasteiger partial charge in [0.05, 0.1) is 12.7 Å². The fourth-order valence-corrected chi connectivity index (χ4v) is 1.71. The predicted molar refractivity (Wildman–Crippen MR) is 64.0 cm³/mol. The highest BCUT2D eigenvalue weighted by molar-refractivity contribution is 9.10. The Kier molecular flexibility index (Phi) is 5.56. The summed E-state index contributed by atoms with van der Waals surface area (Å²) in [7, 11) is 0. The summed E-state index contributed by atoms with van der Waals surface area (Å²) >= 11 is 9.33. The summed E-state index contributed by atoms with van der Waals surface area (Å²) in [6.45, 7) is 0.674. The molecule has 5 heteroatoms. The van der Waals surface area contributed by atoms with Crippen LogP contribution in [0.1, 0.15) is 5.56 Å². The molecule has 0 saturated carbocycles. The second kappa shape index (κ2) is 6.45. The number of aliphatic hydroxyl groups is 2. The minimum atomic E-state index is -0.726. The average molecular weight is 295 g/mol. The van der Waals surface area contributed by atoms with Gasteiger partial charge in [-0.1, -0.05) is 27.5 Å². The summed E-state index contributed by atoms with van der Waals surface area (Å²) in [5, 5.41) is 21.4. The normalized spacial score (nSPS) is 12.8. The van der Waals surface area contributed by atoms with E-state index in [0.717, 1.165) is 10.0 Å². The lowest BCUT2D eigenvalue weighted by atomic mass is 10.2. The quantitative estimate of drug-likeness (QED) is 0.772. The van der Waals surface area contributed by atoms with Crippen molar-refractivity contribution in [2.24, 2.45) is 0 Å². The zero-order chi connectivity index (χ0) is 11.3. The summed E-state index contributed by atoms with van der Waals surface area (Å²) in [5.41, 5.74) is 0.955. The van der Waals surface area contributed by atoms with E-state index in [4.69, 9.17) is 21.8 Å². The van der Waals surface area contributed by atoms with Crippen LogP contribution in [0.4, 0.5) is 0 Å². The van der Waals surface area contributed by atoms with Gasteiger partial charge in [0.1, 0.15) is 0 Å². The topological polar surface area (TPSA) is 52.5 Å². The molecule has 0 fully saturated rings. The van der Waals surface area contributed by atoms with Crippen molar-refractivity contribution in [3.05, 3.63) is 33.3 Å². The molecule has 15 heavy (non-hydrogen) atoms. The van der Waals surface area contributed by atoms with Crippen molar-refractivity contribution >= 4 is 27.5 Å². The first-order valence-electron chi connectivity index (χ1n) is 4.57. The lowest BCUT2D eigenvalue weighted by Gasteiger charge is -2.10. The molecule has 3 nitrogen and oxygen atoms in total. The minimum absolute atomic E-state index is 0.237. The fraction of sp³-hybridized carbons (Fsp3) is 0.400. The van der Waals surface area contributed by atoms with Gasteiger partial charge in [-0.3, -0.25) is 0 Å². The first-order valence-corrected chi connectivity index (χ1v) is 5.74. The van der Waals surface area contributed by atoms with Gasteiger partial charge in [-0.2, -0.15) is 0 Å². The third-order valence-electron chi connectivity index (χ3n) is 1.91. The summed E-state index contributed by atoms with van der Waals surface area (Å²) in [6.07, 6.45) is -0.726. The van der Waals surface area contributed by atoms with E-state index in [1.165, 1.54) is 0 Å². The van der Waals surface area contributed by atoms with Crippen molar-refractivity contribution in [1.82, 2.24) is 5.32 Å². The largest absolute Gasteiger partial charge is 0.394 e. The van der Waals surface area contributed by atoms with Crippen LogP contribution in [0.2, 0.25) is 5.02 Å². The van der Waals surface area contributed by atoms with Crippen molar-refractivity contribution in [3.63, 3.8) is 0 Å². The molecule has 1 aromatic rings. The molecule has 0 amide bonds.